The minimum absolute atomic E-state index is 0.154. The Balaban J connectivity index is 2.24. The Kier molecular flexibility index (Phi) is 4.31. The van der Waals surface area contributed by atoms with Gasteiger partial charge in [-0.15, -0.1) is 0 Å². The number of hydrogen-bond acceptors (Lipinski definition) is 3. The molecule has 0 saturated heterocycles. The number of aromatic nitrogens is 1. The summed E-state index contributed by atoms with van der Waals surface area (Å²) in [6, 6.07) is 8.95. The number of carbonyl (C=O) groups excluding carboxylic acids is 1. The van der Waals surface area contributed by atoms with Crippen molar-refractivity contribution < 1.29 is 9.53 Å². The van der Waals surface area contributed by atoms with Crippen LogP contribution in [-0.4, -0.2) is 17.9 Å². The SMILES string of the molecule is COc1cnccc1C(=O)/C=C/c1ccccc1Cl. The Morgan fingerprint density at radius 3 is 2.84 bits per heavy atom. The number of halogens is 1. The van der Waals surface area contributed by atoms with Crippen LogP contribution in [0.15, 0.2) is 48.8 Å². The third-order valence-corrected chi connectivity index (χ3v) is 2.93. The van der Waals surface area contributed by atoms with E-state index in [4.69, 9.17) is 16.3 Å². The maximum atomic E-state index is 12.1. The maximum absolute atomic E-state index is 12.1. The number of ether oxygens (including phenoxy) is 1. The van der Waals surface area contributed by atoms with Gasteiger partial charge in [0.1, 0.15) is 5.75 Å². The summed E-state index contributed by atoms with van der Waals surface area (Å²) < 4.78 is 5.10. The van der Waals surface area contributed by atoms with E-state index in [1.165, 1.54) is 19.4 Å². The normalized spacial score (nSPS) is 10.6. The molecule has 0 N–H and O–H groups in total. The van der Waals surface area contributed by atoms with Crippen LogP contribution in [0.2, 0.25) is 5.02 Å². The van der Waals surface area contributed by atoms with E-state index in [1.54, 1.807) is 24.4 Å². The van der Waals surface area contributed by atoms with Gasteiger partial charge in [0.25, 0.3) is 0 Å². The highest BCUT2D eigenvalue weighted by molar-refractivity contribution is 6.32. The molecule has 4 heteroatoms. The van der Waals surface area contributed by atoms with Crippen LogP contribution < -0.4 is 4.74 Å². The van der Waals surface area contributed by atoms with Crippen molar-refractivity contribution >= 4 is 23.5 Å². The monoisotopic (exact) mass is 273 g/mol. The molecular weight excluding hydrogens is 262 g/mol. The highest BCUT2D eigenvalue weighted by atomic mass is 35.5. The first-order valence-corrected chi connectivity index (χ1v) is 6.05. The first-order valence-electron chi connectivity index (χ1n) is 5.67. The first-order chi connectivity index (χ1) is 9.22. The van der Waals surface area contributed by atoms with Crippen LogP contribution in [0.25, 0.3) is 6.08 Å². The molecule has 0 amide bonds. The number of hydrogen-bond donors (Lipinski definition) is 0. The van der Waals surface area contributed by atoms with Gasteiger partial charge in [-0.1, -0.05) is 29.8 Å². The van der Waals surface area contributed by atoms with Crippen molar-refractivity contribution in [2.75, 3.05) is 7.11 Å². The Labute approximate surface area is 116 Å². The largest absolute Gasteiger partial charge is 0.494 e. The minimum Gasteiger partial charge on any atom is -0.494 e. The van der Waals surface area contributed by atoms with Crippen LogP contribution in [0.5, 0.6) is 5.75 Å². The van der Waals surface area contributed by atoms with E-state index in [9.17, 15) is 4.79 Å². The molecule has 96 valence electrons. The van der Waals surface area contributed by atoms with Crippen molar-refractivity contribution in [1.82, 2.24) is 4.98 Å². The van der Waals surface area contributed by atoms with Crippen LogP contribution in [0.4, 0.5) is 0 Å². The summed E-state index contributed by atoms with van der Waals surface area (Å²) in [6.45, 7) is 0. The van der Waals surface area contributed by atoms with Gasteiger partial charge < -0.3 is 4.74 Å². The molecule has 2 aromatic rings. The van der Waals surface area contributed by atoms with Crippen LogP contribution in [0.3, 0.4) is 0 Å². The summed E-state index contributed by atoms with van der Waals surface area (Å²) in [4.78, 5) is 16.0. The molecule has 3 nitrogen and oxygen atoms in total. The molecule has 0 fully saturated rings. The molecule has 0 aliphatic rings. The van der Waals surface area contributed by atoms with Gasteiger partial charge in [-0.25, -0.2) is 0 Å². The van der Waals surface area contributed by atoms with Crippen molar-refractivity contribution in [3.63, 3.8) is 0 Å². The van der Waals surface area contributed by atoms with Gasteiger partial charge in [0.2, 0.25) is 0 Å². The topological polar surface area (TPSA) is 39.2 Å². The zero-order valence-corrected chi connectivity index (χ0v) is 11.1. The third-order valence-electron chi connectivity index (χ3n) is 2.59. The summed E-state index contributed by atoms with van der Waals surface area (Å²) in [5.41, 5.74) is 1.27. The molecule has 0 bridgehead atoms. The number of methoxy groups -OCH3 is 1. The van der Waals surface area contributed by atoms with E-state index in [0.29, 0.717) is 16.3 Å². The average molecular weight is 274 g/mol. The third kappa shape index (κ3) is 3.20. The second-order valence-electron chi connectivity index (χ2n) is 3.80. The number of rotatable bonds is 4. The summed E-state index contributed by atoms with van der Waals surface area (Å²) >= 11 is 6.02. The number of carbonyl (C=O) groups is 1. The molecule has 0 aliphatic carbocycles. The van der Waals surface area contributed by atoms with E-state index >= 15 is 0 Å². The van der Waals surface area contributed by atoms with E-state index in [2.05, 4.69) is 4.98 Å². The molecule has 0 unspecified atom stereocenters. The van der Waals surface area contributed by atoms with Gasteiger partial charge in [0, 0.05) is 11.2 Å². The number of nitrogens with zero attached hydrogens (tertiary/aromatic N) is 1. The second-order valence-corrected chi connectivity index (χ2v) is 4.20. The van der Waals surface area contributed by atoms with E-state index in [-0.39, 0.29) is 5.78 Å². The molecule has 0 atom stereocenters. The van der Waals surface area contributed by atoms with Crippen molar-refractivity contribution in [2.24, 2.45) is 0 Å². The van der Waals surface area contributed by atoms with Crippen molar-refractivity contribution in [3.8, 4) is 5.75 Å². The molecule has 2 rings (SSSR count). The molecule has 0 saturated carbocycles. The van der Waals surface area contributed by atoms with Crippen molar-refractivity contribution in [3.05, 3.63) is 65.0 Å². The molecule has 0 radical (unpaired) electrons. The lowest BCUT2D eigenvalue weighted by Gasteiger charge is -2.03. The van der Waals surface area contributed by atoms with Crippen LogP contribution >= 0.6 is 11.6 Å². The average Bonchev–Trinajstić information content (AvgIpc) is 2.46. The van der Waals surface area contributed by atoms with Gasteiger partial charge in [0.15, 0.2) is 5.78 Å². The fraction of sp³-hybridized carbons (Fsp3) is 0.0667. The van der Waals surface area contributed by atoms with Gasteiger partial charge >= 0.3 is 0 Å². The lowest BCUT2D eigenvalue weighted by atomic mass is 10.1. The van der Waals surface area contributed by atoms with Gasteiger partial charge in [-0.3, -0.25) is 9.78 Å². The minimum atomic E-state index is -0.154. The Hall–Kier alpha value is -2.13. The van der Waals surface area contributed by atoms with E-state index in [1.807, 2.05) is 18.2 Å². The van der Waals surface area contributed by atoms with Gasteiger partial charge in [-0.2, -0.15) is 0 Å². The molecule has 1 aromatic carbocycles. The highest BCUT2D eigenvalue weighted by Gasteiger charge is 2.08. The lowest BCUT2D eigenvalue weighted by molar-refractivity contribution is 0.104. The van der Waals surface area contributed by atoms with Crippen molar-refractivity contribution in [1.29, 1.82) is 0 Å². The quantitative estimate of drug-likeness (QED) is 0.631. The smallest absolute Gasteiger partial charge is 0.189 e. The van der Waals surface area contributed by atoms with E-state index in [0.717, 1.165) is 5.56 Å². The molecule has 1 aromatic heterocycles. The summed E-state index contributed by atoms with van der Waals surface area (Å²) in [5, 5.41) is 0.605. The van der Waals surface area contributed by atoms with Crippen LogP contribution in [-0.2, 0) is 0 Å². The lowest BCUT2D eigenvalue weighted by Crippen LogP contribution is -1.99. The predicted molar refractivity (Wildman–Crippen MR) is 75.6 cm³/mol. The summed E-state index contributed by atoms with van der Waals surface area (Å²) in [5.74, 6) is 0.301. The van der Waals surface area contributed by atoms with Crippen molar-refractivity contribution in [2.45, 2.75) is 0 Å². The highest BCUT2D eigenvalue weighted by Crippen LogP contribution is 2.19. The molecule has 0 spiro atoms. The Bertz CT molecular complexity index is 623. The van der Waals surface area contributed by atoms with Gasteiger partial charge in [-0.05, 0) is 29.8 Å². The zero-order chi connectivity index (χ0) is 13.7. The second kappa shape index (κ2) is 6.16. The van der Waals surface area contributed by atoms with E-state index < -0.39 is 0 Å². The fourth-order valence-corrected chi connectivity index (χ4v) is 1.81. The van der Waals surface area contributed by atoms with Crippen LogP contribution in [0.1, 0.15) is 15.9 Å². The molecule has 0 aliphatic heterocycles. The Morgan fingerprint density at radius 1 is 1.32 bits per heavy atom. The molecule has 19 heavy (non-hydrogen) atoms. The number of benzene rings is 1. The standard InChI is InChI=1S/C15H12ClNO2/c1-19-15-10-17-9-8-12(15)14(18)7-6-11-4-2-3-5-13(11)16/h2-10H,1H3/b7-6+. The zero-order valence-electron chi connectivity index (χ0n) is 10.3. The number of ketones is 1. The fourth-order valence-electron chi connectivity index (χ4n) is 1.61. The Morgan fingerprint density at radius 2 is 2.11 bits per heavy atom. The molecule has 1 heterocycles. The predicted octanol–water partition coefficient (Wildman–Crippen LogP) is 3.64. The first kappa shape index (κ1) is 13.3. The van der Waals surface area contributed by atoms with Crippen LogP contribution in [0, 0.1) is 0 Å². The maximum Gasteiger partial charge on any atom is 0.189 e. The number of allylic oxidation sites excluding steroid dienone is 1. The number of pyridine rings is 1. The summed E-state index contributed by atoms with van der Waals surface area (Å²) in [7, 11) is 1.51. The summed E-state index contributed by atoms with van der Waals surface area (Å²) in [6.07, 6.45) is 6.22. The molecular formula is C15H12ClNO2. The van der Waals surface area contributed by atoms with Gasteiger partial charge in [0.05, 0.1) is 18.9 Å².